The molecule has 2 heterocycles. The third-order valence-corrected chi connectivity index (χ3v) is 5.68. The van der Waals surface area contributed by atoms with Gasteiger partial charge in [-0.2, -0.15) is 0 Å². The van der Waals surface area contributed by atoms with Crippen molar-refractivity contribution in [1.82, 2.24) is 20.5 Å². The van der Waals surface area contributed by atoms with E-state index in [2.05, 4.69) is 81.0 Å². The van der Waals surface area contributed by atoms with Crippen molar-refractivity contribution in [2.75, 3.05) is 13.6 Å². The summed E-state index contributed by atoms with van der Waals surface area (Å²) < 4.78 is 0. The number of nitrogens with zero attached hydrogens (tertiary/aromatic N) is 3. The zero-order valence-corrected chi connectivity index (χ0v) is 19.9. The van der Waals surface area contributed by atoms with E-state index in [4.69, 9.17) is 0 Å². The van der Waals surface area contributed by atoms with Gasteiger partial charge in [0.2, 0.25) is 0 Å². The molecule has 1 fully saturated rings. The number of hydrogen-bond acceptors (Lipinski definition) is 3. The molecule has 2 N–H and O–H groups in total. The molecule has 0 aliphatic carbocycles. The summed E-state index contributed by atoms with van der Waals surface area (Å²) in [7, 11) is 1.83. The number of aliphatic imine (C=N–C) groups is 1. The Hall–Kier alpha value is -2.19. The predicted molar refractivity (Wildman–Crippen MR) is 135 cm³/mol. The van der Waals surface area contributed by atoms with Gasteiger partial charge in [-0.25, -0.2) is 0 Å². The molecule has 1 aromatic heterocycles. The van der Waals surface area contributed by atoms with Crippen LogP contribution in [0.15, 0.2) is 71.9 Å². The first-order valence-corrected chi connectivity index (χ1v) is 10.3. The number of benzene rings is 2. The smallest absolute Gasteiger partial charge is 0.191 e. The third-order valence-electron chi connectivity index (χ3n) is 5.68. The number of hydrogen-bond donors (Lipinski definition) is 2. The van der Waals surface area contributed by atoms with Crippen LogP contribution in [-0.2, 0) is 13.1 Å². The van der Waals surface area contributed by atoms with Gasteiger partial charge >= 0.3 is 0 Å². The van der Waals surface area contributed by atoms with Gasteiger partial charge in [-0.1, -0.05) is 48.5 Å². The molecule has 0 spiro atoms. The number of likely N-dealkylation sites (tertiary alicyclic amines) is 1. The summed E-state index contributed by atoms with van der Waals surface area (Å²) in [5, 5.41) is 8.27. The molecule has 1 saturated heterocycles. The molecule has 30 heavy (non-hydrogen) atoms. The molecular weight excluding hydrogens is 485 g/mol. The van der Waals surface area contributed by atoms with Crippen molar-refractivity contribution in [3.8, 4) is 0 Å². The molecule has 158 valence electrons. The normalized spacial score (nSPS) is 19.5. The molecule has 2 unspecified atom stereocenters. The molecule has 0 bridgehead atoms. The molecule has 0 saturated carbocycles. The number of halogens is 1. The van der Waals surface area contributed by atoms with Crippen molar-refractivity contribution >= 4 is 40.8 Å². The average Bonchev–Trinajstić information content (AvgIpc) is 3.10. The second kappa shape index (κ2) is 10.7. The van der Waals surface area contributed by atoms with Crippen LogP contribution in [0.25, 0.3) is 10.9 Å². The summed E-state index contributed by atoms with van der Waals surface area (Å²) in [6.07, 6.45) is 2.99. The van der Waals surface area contributed by atoms with Crippen LogP contribution in [0.5, 0.6) is 0 Å². The van der Waals surface area contributed by atoms with Crippen LogP contribution < -0.4 is 10.6 Å². The van der Waals surface area contributed by atoms with Crippen molar-refractivity contribution in [3.63, 3.8) is 0 Å². The molecule has 5 nitrogen and oxygen atoms in total. The minimum atomic E-state index is 0. The average molecular weight is 515 g/mol. The lowest BCUT2D eigenvalue weighted by atomic mass is 10.1. The highest BCUT2D eigenvalue weighted by atomic mass is 127. The maximum Gasteiger partial charge on any atom is 0.191 e. The zero-order valence-electron chi connectivity index (χ0n) is 17.6. The number of pyridine rings is 1. The highest BCUT2D eigenvalue weighted by molar-refractivity contribution is 14.0. The van der Waals surface area contributed by atoms with E-state index in [9.17, 15) is 0 Å². The maximum atomic E-state index is 4.44. The Labute approximate surface area is 196 Å². The molecule has 2 atom stereocenters. The van der Waals surface area contributed by atoms with Gasteiger partial charge in [-0.15, -0.1) is 24.0 Å². The lowest BCUT2D eigenvalue weighted by molar-refractivity contribution is 0.258. The van der Waals surface area contributed by atoms with Gasteiger partial charge in [0.15, 0.2) is 5.96 Å². The van der Waals surface area contributed by atoms with Gasteiger partial charge in [0, 0.05) is 50.3 Å². The van der Waals surface area contributed by atoms with Crippen LogP contribution in [-0.4, -0.2) is 41.5 Å². The molecule has 2 aromatic carbocycles. The summed E-state index contributed by atoms with van der Waals surface area (Å²) >= 11 is 0. The Morgan fingerprint density at radius 3 is 2.67 bits per heavy atom. The van der Waals surface area contributed by atoms with Gasteiger partial charge < -0.3 is 10.6 Å². The SMILES string of the molecule is CN=C(NCc1ccnc2ccccc12)NC1CC(C)N(Cc2ccccc2)C1.I. The van der Waals surface area contributed by atoms with Crippen LogP contribution in [0.4, 0.5) is 0 Å². The Kier molecular flexibility index (Phi) is 8.04. The first-order valence-electron chi connectivity index (χ1n) is 10.3. The summed E-state index contributed by atoms with van der Waals surface area (Å²) in [4.78, 5) is 11.4. The minimum absolute atomic E-state index is 0. The number of guanidine groups is 1. The molecule has 6 heteroatoms. The monoisotopic (exact) mass is 515 g/mol. The lowest BCUT2D eigenvalue weighted by Gasteiger charge is -2.21. The fourth-order valence-electron chi connectivity index (χ4n) is 4.12. The molecule has 4 rings (SSSR count). The van der Waals surface area contributed by atoms with Crippen molar-refractivity contribution in [1.29, 1.82) is 0 Å². The van der Waals surface area contributed by atoms with Crippen LogP contribution >= 0.6 is 24.0 Å². The Morgan fingerprint density at radius 2 is 1.87 bits per heavy atom. The van der Waals surface area contributed by atoms with Gasteiger partial charge in [0.25, 0.3) is 0 Å². The van der Waals surface area contributed by atoms with Crippen molar-refractivity contribution < 1.29 is 0 Å². The molecule has 0 amide bonds. The van der Waals surface area contributed by atoms with E-state index in [1.807, 2.05) is 25.4 Å². The number of aromatic nitrogens is 1. The third kappa shape index (κ3) is 5.49. The van der Waals surface area contributed by atoms with Crippen LogP contribution in [0, 0.1) is 0 Å². The van der Waals surface area contributed by atoms with E-state index >= 15 is 0 Å². The van der Waals surface area contributed by atoms with E-state index in [0.717, 1.165) is 37.5 Å². The van der Waals surface area contributed by atoms with E-state index in [-0.39, 0.29) is 24.0 Å². The summed E-state index contributed by atoms with van der Waals surface area (Å²) in [5.41, 5.74) is 3.62. The zero-order chi connectivity index (χ0) is 20.1. The lowest BCUT2D eigenvalue weighted by Crippen LogP contribution is -2.44. The van der Waals surface area contributed by atoms with E-state index in [1.54, 1.807) is 0 Å². The van der Waals surface area contributed by atoms with E-state index in [1.165, 1.54) is 16.5 Å². The summed E-state index contributed by atoms with van der Waals surface area (Å²) in [6.45, 7) is 5.05. The van der Waals surface area contributed by atoms with Gasteiger partial charge in [0.05, 0.1) is 5.52 Å². The summed E-state index contributed by atoms with van der Waals surface area (Å²) in [5.74, 6) is 0.852. The van der Waals surface area contributed by atoms with Crippen molar-refractivity contribution in [3.05, 3.63) is 78.0 Å². The van der Waals surface area contributed by atoms with Crippen molar-refractivity contribution in [2.45, 2.75) is 38.5 Å². The van der Waals surface area contributed by atoms with E-state index in [0.29, 0.717) is 12.1 Å². The standard InChI is InChI=1S/C24H29N5.HI/c1-18-14-21(17-29(18)16-19-8-4-3-5-9-19)28-24(25-2)27-15-20-12-13-26-23-11-7-6-10-22(20)23;/h3-13,18,21H,14-17H2,1-2H3,(H2,25,27,28);1H. The maximum absolute atomic E-state index is 4.44. The number of rotatable bonds is 5. The molecular formula is C24H30IN5. The Balaban J connectivity index is 0.00000256. The molecule has 0 radical (unpaired) electrons. The van der Waals surface area contributed by atoms with Crippen LogP contribution in [0.1, 0.15) is 24.5 Å². The fraction of sp³-hybridized carbons (Fsp3) is 0.333. The van der Waals surface area contributed by atoms with Crippen LogP contribution in [0.3, 0.4) is 0 Å². The number of fused-ring (bicyclic) bond motifs is 1. The highest BCUT2D eigenvalue weighted by Gasteiger charge is 2.29. The topological polar surface area (TPSA) is 52.6 Å². The molecule has 1 aliphatic heterocycles. The van der Waals surface area contributed by atoms with E-state index < -0.39 is 0 Å². The highest BCUT2D eigenvalue weighted by Crippen LogP contribution is 2.20. The quantitative estimate of drug-likeness (QED) is 0.304. The van der Waals surface area contributed by atoms with Gasteiger partial charge in [-0.05, 0) is 36.6 Å². The Morgan fingerprint density at radius 1 is 1.10 bits per heavy atom. The first kappa shape index (κ1) is 22.5. The number of nitrogens with one attached hydrogen (secondary N) is 2. The van der Waals surface area contributed by atoms with Gasteiger partial charge in [0.1, 0.15) is 0 Å². The summed E-state index contributed by atoms with van der Waals surface area (Å²) in [6, 6.07) is 22.0. The second-order valence-electron chi connectivity index (χ2n) is 7.75. The van der Waals surface area contributed by atoms with Gasteiger partial charge in [-0.3, -0.25) is 14.9 Å². The molecule has 3 aromatic rings. The first-order chi connectivity index (χ1) is 14.2. The predicted octanol–water partition coefficient (Wildman–Crippen LogP) is 4.18. The molecule has 1 aliphatic rings. The number of para-hydroxylation sites is 1. The van der Waals surface area contributed by atoms with Crippen molar-refractivity contribution in [2.24, 2.45) is 4.99 Å². The fourth-order valence-corrected chi connectivity index (χ4v) is 4.12. The minimum Gasteiger partial charge on any atom is -0.352 e. The Bertz CT molecular complexity index is 970. The second-order valence-corrected chi connectivity index (χ2v) is 7.75. The van der Waals surface area contributed by atoms with Crippen LogP contribution in [0.2, 0.25) is 0 Å². The largest absolute Gasteiger partial charge is 0.352 e.